The van der Waals surface area contributed by atoms with E-state index < -0.39 is 0 Å². The van der Waals surface area contributed by atoms with Gasteiger partial charge in [-0.1, -0.05) is 0 Å². The molecule has 2 aromatic carbocycles. The van der Waals surface area contributed by atoms with Gasteiger partial charge in [0.05, 0.1) is 13.3 Å². The molecule has 3 rings (SSSR count). The average molecular weight is 351 g/mol. The van der Waals surface area contributed by atoms with E-state index in [4.69, 9.17) is 0 Å². The minimum absolute atomic E-state index is 0.979. The molecule has 0 spiro atoms. The molecular weight excluding hydrogens is 316 g/mol. The molecule has 0 aromatic heterocycles. The van der Waals surface area contributed by atoms with Gasteiger partial charge in [-0.2, -0.15) is 0 Å². The fraction of sp³-hybridized carbons (Fsp3) is 0.500. The third-order valence-corrected chi connectivity index (χ3v) is 7.24. The number of hydrogen-bond acceptors (Lipinski definition) is 2. The van der Waals surface area contributed by atoms with Crippen LogP contribution in [0.5, 0.6) is 0 Å². The van der Waals surface area contributed by atoms with Gasteiger partial charge in [0.25, 0.3) is 0 Å². The molecule has 0 bridgehead atoms. The molecule has 140 valence electrons. The van der Waals surface area contributed by atoms with E-state index in [-0.39, 0.29) is 0 Å². The van der Waals surface area contributed by atoms with Gasteiger partial charge in [0.1, 0.15) is 0 Å². The van der Waals surface area contributed by atoms with E-state index in [1.165, 1.54) is 67.0 Å². The Labute approximate surface area is 159 Å². The molecule has 0 radical (unpaired) electrons. The first kappa shape index (κ1) is 18.8. The first-order valence-corrected chi connectivity index (χ1v) is 9.71. The molecule has 1 aliphatic rings. The molecule has 26 heavy (non-hydrogen) atoms. The molecule has 1 aliphatic heterocycles. The Kier molecular flexibility index (Phi) is 4.58. The van der Waals surface area contributed by atoms with Gasteiger partial charge in [0.15, 0.2) is 0 Å². The van der Waals surface area contributed by atoms with Crippen LogP contribution in [0.4, 0.5) is 11.4 Å². The van der Waals surface area contributed by atoms with Crippen LogP contribution in [0, 0.1) is 69.2 Å². The molecular formula is C24H34N2. The van der Waals surface area contributed by atoms with Gasteiger partial charge < -0.3 is 9.80 Å². The Bertz CT molecular complexity index is 768. The van der Waals surface area contributed by atoms with Gasteiger partial charge in [-0.25, -0.2) is 0 Å². The van der Waals surface area contributed by atoms with Crippen LogP contribution in [-0.2, 0) is 0 Å². The van der Waals surface area contributed by atoms with Crippen LogP contribution >= 0.6 is 0 Å². The molecule has 1 fully saturated rings. The molecule has 0 saturated carbocycles. The van der Waals surface area contributed by atoms with Crippen molar-refractivity contribution in [3.05, 3.63) is 55.6 Å². The lowest BCUT2D eigenvalue weighted by Crippen LogP contribution is -2.56. The largest absolute Gasteiger partial charge is 0.335 e. The highest BCUT2D eigenvalue weighted by Gasteiger charge is 2.30. The van der Waals surface area contributed by atoms with Gasteiger partial charge in [0, 0.05) is 11.4 Å². The first-order valence-electron chi connectivity index (χ1n) is 9.71. The van der Waals surface area contributed by atoms with Gasteiger partial charge in [-0.15, -0.1) is 0 Å². The quantitative estimate of drug-likeness (QED) is 0.654. The molecule has 2 aromatic rings. The predicted octanol–water partition coefficient (Wildman–Crippen LogP) is 6.01. The minimum Gasteiger partial charge on any atom is -0.335 e. The summed E-state index contributed by atoms with van der Waals surface area (Å²) < 4.78 is 0. The normalized spacial score (nSPS) is 14.1. The maximum atomic E-state index is 2.54. The number of nitrogens with zero attached hydrogens (tertiary/aromatic N) is 2. The zero-order valence-electron chi connectivity index (χ0n) is 18.3. The summed E-state index contributed by atoms with van der Waals surface area (Å²) in [4.78, 5) is 5.07. The van der Waals surface area contributed by atoms with Crippen LogP contribution in [0.3, 0.4) is 0 Å². The van der Waals surface area contributed by atoms with Crippen LogP contribution in [-0.4, -0.2) is 13.3 Å². The number of rotatable bonds is 2. The van der Waals surface area contributed by atoms with E-state index in [1.54, 1.807) is 0 Å². The topological polar surface area (TPSA) is 6.48 Å². The highest BCUT2D eigenvalue weighted by molar-refractivity contribution is 5.73. The van der Waals surface area contributed by atoms with E-state index in [9.17, 15) is 0 Å². The summed E-state index contributed by atoms with van der Waals surface area (Å²) in [5.41, 5.74) is 17.3. The van der Waals surface area contributed by atoms with E-state index in [0.717, 1.165) is 13.3 Å². The average Bonchev–Trinajstić information content (AvgIpc) is 2.58. The smallest absolute Gasteiger partial charge is 0.0938 e. The monoisotopic (exact) mass is 350 g/mol. The van der Waals surface area contributed by atoms with Gasteiger partial charge in [-0.05, 0) is 125 Å². The zero-order chi connectivity index (χ0) is 19.5. The predicted molar refractivity (Wildman–Crippen MR) is 115 cm³/mol. The third-order valence-electron chi connectivity index (χ3n) is 7.24. The van der Waals surface area contributed by atoms with Crippen molar-refractivity contribution in [2.75, 3.05) is 23.1 Å². The highest BCUT2D eigenvalue weighted by atomic mass is 15.5. The van der Waals surface area contributed by atoms with Crippen LogP contribution < -0.4 is 9.80 Å². The number of anilines is 2. The van der Waals surface area contributed by atoms with Crippen molar-refractivity contribution in [1.29, 1.82) is 0 Å². The van der Waals surface area contributed by atoms with E-state index in [2.05, 4.69) is 79.0 Å². The fourth-order valence-electron chi connectivity index (χ4n) is 4.56. The maximum Gasteiger partial charge on any atom is 0.0938 e. The van der Waals surface area contributed by atoms with Crippen LogP contribution in [0.2, 0.25) is 0 Å². The first-order chi connectivity index (χ1) is 12.1. The van der Waals surface area contributed by atoms with Crippen LogP contribution in [0.15, 0.2) is 0 Å². The summed E-state index contributed by atoms with van der Waals surface area (Å²) in [5.74, 6) is 0. The molecule has 0 amide bonds. The Morgan fingerprint density at radius 1 is 0.346 bits per heavy atom. The Morgan fingerprint density at radius 2 is 0.538 bits per heavy atom. The lowest BCUT2D eigenvalue weighted by atomic mass is 9.91. The number of hydrogen-bond donors (Lipinski definition) is 0. The molecule has 1 saturated heterocycles. The van der Waals surface area contributed by atoms with Crippen molar-refractivity contribution in [3.63, 3.8) is 0 Å². The lowest BCUT2D eigenvalue weighted by Gasteiger charge is -2.48. The Morgan fingerprint density at radius 3 is 0.769 bits per heavy atom. The van der Waals surface area contributed by atoms with Crippen LogP contribution in [0.25, 0.3) is 0 Å². The van der Waals surface area contributed by atoms with E-state index in [1.807, 2.05) is 0 Å². The van der Waals surface area contributed by atoms with Gasteiger partial charge >= 0.3 is 0 Å². The van der Waals surface area contributed by atoms with Crippen molar-refractivity contribution < 1.29 is 0 Å². The second-order valence-corrected chi connectivity index (χ2v) is 8.31. The summed E-state index contributed by atoms with van der Waals surface area (Å²) in [6, 6.07) is 0. The minimum atomic E-state index is 0.979. The molecule has 0 aliphatic carbocycles. The Balaban J connectivity index is 1.97. The van der Waals surface area contributed by atoms with Crippen molar-refractivity contribution in [3.8, 4) is 0 Å². The molecule has 0 unspecified atom stereocenters. The summed E-state index contributed by atoms with van der Waals surface area (Å²) in [5, 5.41) is 0. The van der Waals surface area contributed by atoms with Crippen molar-refractivity contribution in [2.24, 2.45) is 0 Å². The molecule has 2 nitrogen and oxygen atoms in total. The second-order valence-electron chi connectivity index (χ2n) is 8.31. The van der Waals surface area contributed by atoms with Crippen molar-refractivity contribution in [1.82, 2.24) is 0 Å². The standard InChI is InChI=1S/C24H34N2/c1-13-15(3)19(7)23(20(8)16(13)4)25-11-26(12-25)24-21(9)17(5)14(2)18(6)22(24)10/h11-12H2,1-10H3. The highest BCUT2D eigenvalue weighted by Crippen LogP contribution is 2.40. The van der Waals surface area contributed by atoms with E-state index >= 15 is 0 Å². The Hall–Kier alpha value is -1.96. The zero-order valence-corrected chi connectivity index (χ0v) is 18.3. The van der Waals surface area contributed by atoms with Crippen LogP contribution in [0.1, 0.15) is 55.6 Å². The summed E-state index contributed by atoms with van der Waals surface area (Å²) in [6.45, 7) is 24.6. The SMILES string of the molecule is Cc1c(C)c(C)c(N2CN(c3c(C)c(C)c(C)c(C)c3C)C2)c(C)c1C. The summed E-state index contributed by atoms with van der Waals surface area (Å²) >= 11 is 0. The summed E-state index contributed by atoms with van der Waals surface area (Å²) in [7, 11) is 0. The fourth-order valence-corrected chi connectivity index (χ4v) is 4.56. The molecule has 0 atom stereocenters. The van der Waals surface area contributed by atoms with Gasteiger partial charge in [-0.3, -0.25) is 0 Å². The number of benzene rings is 2. The molecule has 0 N–H and O–H groups in total. The van der Waals surface area contributed by atoms with Crippen molar-refractivity contribution in [2.45, 2.75) is 69.2 Å². The lowest BCUT2D eigenvalue weighted by molar-refractivity contribution is 0.603. The maximum absolute atomic E-state index is 2.54. The second kappa shape index (κ2) is 6.33. The molecule has 2 heteroatoms. The molecule has 1 heterocycles. The third kappa shape index (κ3) is 2.53. The van der Waals surface area contributed by atoms with E-state index in [0.29, 0.717) is 0 Å². The summed E-state index contributed by atoms with van der Waals surface area (Å²) in [6.07, 6.45) is 0. The van der Waals surface area contributed by atoms with Crippen molar-refractivity contribution >= 4 is 11.4 Å². The van der Waals surface area contributed by atoms with Gasteiger partial charge in [0.2, 0.25) is 0 Å².